The minimum Gasteiger partial charge on any atom is -0.478 e. The summed E-state index contributed by atoms with van der Waals surface area (Å²) in [5.41, 5.74) is -0.818. The Hall–Kier alpha value is -3.47. The van der Waals surface area contributed by atoms with Gasteiger partial charge in [-0.25, -0.2) is 4.79 Å². The fourth-order valence-corrected chi connectivity index (χ4v) is 3.03. The molecule has 3 aromatic carbocycles. The van der Waals surface area contributed by atoms with Gasteiger partial charge in [0.1, 0.15) is 0 Å². The summed E-state index contributed by atoms with van der Waals surface area (Å²) in [6.07, 6.45) is 0. The van der Waals surface area contributed by atoms with Crippen LogP contribution in [0.2, 0.25) is 0 Å². The summed E-state index contributed by atoms with van der Waals surface area (Å²) in [5.74, 6) is -1.23. The number of hydrogen-bond donors (Lipinski definition) is 1. The number of rotatable bonds is 2. The normalized spacial score (nSPS) is 11.2. The first kappa shape index (κ1) is 14.1. The first-order valence-corrected chi connectivity index (χ1v) is 7.32. The summed E-state index contributed by atoms with van der Waals surface area (Å²) in [7, 11) is 0. The molecule has 2 heterocycles. The van der Waals surface area contributed by atoms with Crippen LogP contribution < -0.4 is 11.0 Å². The number of aromatic carboxylic acids is 1. The Labute approximate surface area is 135 Å². The van der Waals surface area contributed by atoms with Gasteiger partial charge in [0, 0.05) is 10.8 Å². The van der Waals surface area contributed by atoms with Gasteiger partial charge in [-0.3, -0.25) is 14.2 Å². The van der Waals surface area contributed by atoms with Crippen LogP contribution in [-0.2, 0) is 0 Å². The largest absolute Gasteiger partial charge is 0.478 e. The van der Waals surface area contributed by atoms with Crippen LogP contribution in [0, 0.1) is 0 Å². The number of carboxylic acids is 1. The minimum absolute atomic E-state index is 0.0843. The maximum absolute atomic E-state index is 12.7. The van der Waals surface area contributed by atoms with E-state index in [2.05, 4.69) is 0 Å². The molecule has 0 fully saturated rings. The Balaban J connectivity index is 2.23. The molecule has 5 rings (SSSR count). The predicted octanol–water partition coefficient (Wildman–Crippen LogP) is 2.64. The molecule has 24 heavy (non-hydrogen) atoms. The summed E-state index contributed by atoms with van der Waals surface area (Å²) in [5, 5.41) is 10.9. The molecule has 0 atom stereocenters. The van der Waals surface area contributed by atoms with Crippen LogP contribution in [0.4, 0.5) is 0 Å². The molecule has 0 radical (unpaired) electrons. The highest BCUT2D eigenvalue weighted by atomic mass is 16.4. The summed E-state index contributed by atoms with van der Waals surface area (Å²) in [4.78, 5) is 36.5. The average molecular weight is 317 g/mol. The third-order valence-electron chi connectivity index (χ3n) is 4.14. The molecule has 116 valence electrons. The quantitative estimate of drug-likeness (QED) is 0.577. The second-order valence-electron chi connectivity index (χ2n) is 5.50. The van der Waals surface area contributed by atoms with Gasteiger partial charge >= 0.3 is 11.5 Å². The molecule has 5 heteroatoms. The van der Waals surface area contributed by atoms with Gasteiger partial charge in [0.05, 0.1) is 16.8 Å². The Morgan fingerprint density at radius 1 is 0.875 bits per heavy atom. The number of benzene rings is 3. The van der Waals surface area contributed by atoms with Gasteiger partial charge in [-0.05, 0) is 29.7 Å². The predicted molar refractivity (Wildman–Crippen MR) is 91.5 cm³/mol. The van der Waals surface area contributed by atoms with E-state index < -0.39 is 17.0 Å². The van der Waals surface area contributed by atoms with Gasteiger partial charge in [0.25, 0.3) is 5.43 Å². The van der Waals surface area contributed by atoms with E-state index in [-0.39, 0.29) is 10.9 Å². The van der Waals surface area contributed by atoms with Crippen molar-refractivity contribution in [1.29, 1.82) is 0 Å². The minimum atomic E-state index is -1.23. The van der Waals surface area contributed by atoms with E-state index in [0.717, 1.165) is 10.8 Å². The molecule has 0 aliphatic rings. The van der Waals surface area contributed by atoms with Crippen LogP contribution in [0.5, 0.6) is 0 Å². The first-order valence-electron chi connectivity index (χ1n) is 7.32. The van der Waals surface area contributed by atoms with Gasteiger partial charge in [0.15, 0.2) is 0 Å². The number of carbonyl (C=O) groups is 1. The summed E-state index contributed by atoms with van der Waals surface area (Å²) >= 11 is 0. The molecule has 0 saturated heterocycles. The van der Waals surface area contributed by atoms with E-state index in [1.807, 2.05) is 30.3 Å². The Kier molecular flexibility index (Phi) is 2.96. The maximum atomic E-state index is 12.7. The SMILES string of the molecule is O=C(O)c1cc2ccc1c(=O)c(=O)n2-c1cccc2ccccc12. The van der Waals surface area contributed by atoms with Crippen molar-refractivity contribution in [3.63, 3.8) is 0 Å². The second kappa shape index (κ2) is 5.03. The van der Waals surface area contributed by atoms with E-state index in [1.165, 1.54) is 16.7 Å². The Morgan fingerprint density at radius 2 is 1.62 bits per heavy atom. The first-order chi connectivity index (χ1) is 11.6. The van der Waals surface area contributed by atoms with Gasteiger partial charge in [-0.15, -0.1) is 0 Å². The van der Waals surface area contributed by atoms with Crippen LogP contribution in [0.3, 0.4) is 0 Å². The van der Waals surface area contributed by atoms with Crippen molar-refractivity contribution in [1.82, 2.24) is 4.57 Å². The van der Waals surface area contributed by atoms with Crippen molar-refractivity contribution in [2.45, 2.75) is 0 Å². The molecule has 2 aromatic heterocycles. The molecule has 0 spiro atoms. The smallest absolute Gasteiger partial charge is 0.336 e. The highest BCUT2D eigenvalue weighted by Crippen LogP contribution is 2.23. The molecule has 2 bridgehead atoms. The number of hydrogen-bond acceptors (Lipinski definition) is 3. The summed E-state index contributed by atoms with van der Waals surface area (Å²) in [6.45, 7) is 0. The van der Waals surface area contributed by atoms with Gasteiger partial charge in [-0.1, -0.05) is 36.4 Å². The molecule has 0 amide bonds. The lowest BCUT2D eigenvalue weighted by Gasteiger charge is -2.09. The lowest BCUT2D eigenvalue weighted by molar-refractivity contribution is 0.0699. The van der Waals surface area contributed by atoms with Crippen LogP contribution in [0.1, 0.15) is 10.4 Å². The fraction of sp³-hybridized carbons (Fsp3) is 0. The van der Waals surface area contributed by atoms with E-state index in [1.54, 1.807) is 18.2 Å². The number of carboxylic acid groups (broad SMARTS) is 1. The highest BCUT2D eigenvalue weighted by Gasteiger charge is 2.17. The Morgan fingerprint density at radius 3 is 2.42 bits per heavy atom. The Bertz CT molecular complexity index is 1220. The van der Waals surface area contributed by atoms with Crippen LogP contribution in [-0.4, -0.2) is 15.6 Å². The second-order valence-corrected chi connectivity index (χ2v) is 5.50. The van der Waals surface area contributed by atoms with Gasteiger partial charge in [0.2, 0.25) is 0 Å². The van der Waals surface area contributed by atoms with Gasteiger partial charge < -0.3 is 5.11 Å². The zero-order valence-corrected chi connectivity index (χ0v) is 12.4. The standard InChI is InChI=1S/C19H11NO4/c21-17-14-9-8-12(10-15(14)19(23)24)20(18(17)22)16-7-3-5-11-4-1-2-6-13(11)16/h1-10H,(H,23,24). The third kappa shape index (κ3) is 1.91. The van der Waals surface area contributed by atoms with E-state index in [9.17, 15) is 19.5 Å². The van der Waals surface area contributed by atoms with Crippen molar-refractivity contribution in [3.8, 4) is 5.69 Å². The number of fused-ring (bicyclic) bond motifs is 5. The number of nitrogens with zero attached hydrogens (tertiary/aromatic N) is 1. The van der Waals surface area contributed by atoms with Crippen LogP contribution in [0.25, 0.3) is 27.4 Å². The van der Waals surface area contributed by atoms with E-state index >= 15 is 0 Å². The molecular weight excluding hydrogens is 306 g/mol. The summed E-state index contributed by atoms with van der Waals surface area (Å²) < 4.78 is 1.28. The maximum Gasteiger partial charge on any atom is 0.336 e. The molecule has 1 N–H and O–H groups in total. The average Bonchev–Trinajstić information content (AvgIpc) is 2.78. The zero-order valence-electron chi connectivity index (χ0n) is 12.4. The van der Waals surface area contributed by atoms with Crippen molar-refractivity contribution in [2.75, 3.05) is 0 Å². The molecule has 0 aliphatic heterocycles. The lowest BCUT2D eigenvalue weighted by atomic mass is 10.1. The van der Waals surface area contributed by atoms with Gasteiger partial charge in [-0.2, -0.15) is 0 Å². The summed E-state index contributed by atoms with van der Waals surface area (Å²) in [6, 6.07) is 17.3. The topological polar surface area (TPSA) is 76.4 Å². The van der Waals surface area contributed by atoms with Crippen molar-refractivity contribution < 1.29 is 9.90 Å². The van der Waals surface area contributed by atoms with Crippen molar-refractivity contribution in [2.24, 2.45) is 0 Å². The highest BCUT2D eigenvalue weighted by molar-refractivity contribution is 5.99. The van der Waals surface area contributed by atoms with Crippen LogP contribution >= 0.6 is 0 Å². The zero-order chi connectivity index (χ0) is 16.8. The molecule has 0 aliphatic carbocycles. The van der Waals surface area contributed by atoms with Crippen molar-refractivity contribution in [3.05, 3.63) is 86.8 Å². The molecular formula is C19H11NO4. The number of aromatic nitrogens is 1. The fourth-order valence-electron chi connectivity index (χ4n) is 3.03. The van der Waals surface area contributed by atoms with Crippen LogP contribution in [0.15, 0.2) is 70.3 Å². The third-order valence-corrected chi connectivity index (χ3v) is 4.14. The molecule has 5 nitrogen and oxygen atoms in total. The molecule has 0 unspecified atom stereocenters. The van der Waals surface area contributed by atoms with E-state index in [4.69, 9.17) is 0 Å². The van der Waals surface area contributed by atoms with Crippen molar-refractivity contribution >= 4 is 27.6 Å². The van der Waals surface area contributed by atoms with E-state index in [0.29, 0.717) is 11.2 Å². The lowest BCUT2D eigenvalue weighted by Crippen LogP contribution is -2.30. The molecule has 0 saturated carbocycles. The molecule has 5 aromatic rings. The monoisotopic (exact) mass is 317 g/mol.